The number of unbranched alkanes of at least 4 members (excludes halogenated alkanes) is 1. The number of aliphatic hydroxyl groups is 1. The number of phenols is 1. The molecule has 0 heterocycles. The number of carbonyl (C=O) groups excluding carboxylic acids is 1. The van der Waals surface area contributed by atoms with E-state index in [1.54, 1.807) is 13.2 Å². The number of aliphatic hydroxyl groups excluding tert-OH is 1. The molecule has 3 unspecified atom stereocenters. The third-order valence-electron chi connectivity index (χ3n) is 10.6. The lowest BCUT2D eigenvalue weighted by Crippen LogP contribution is -2.51. The molecule has 0 spiro atoms. The van der Waals surface area contributed by atoms with Crippen LogP contribution in [0.25, 0.3) is 0 Å². The van der Waals surface area contributed by atoms with E-state index in [0.29, 0.717) is 44.4 Å². The summed E-state index contributed by atoms with van der Waals surface area (Å²) in [6, 6.07) is 15.8. The van der Waals surface area contributed by atoms with Gasteiger partial charge in [-0.2, -0.15) is 0 Å². The Labute approximate surface area is 245 Å². The van der Waals surface area contributed by atoms with Crippen molar-refractivity contribution >= 4 is 5.91 Å². The quantitative estimate of drug-likeness (QED) is 0.290. The van der Waals surface area contributed by atoms with Crippen LogP contribution in [-0.4, -0.2) is 60.1 Å². The number of ether oxygens (including phenoxy) is 1. The van der Waals surface area contributed by atoms with Crippen LogP contribution in [0, 0.1) is 23.2 Å². The van der Waals surface area contributed by atoms with E-state index < -0.39 is 12.3 Å². The molecule has 3 aliphatic rings. The number of benzene rings is 2. The number of aromatic hydroxyl groups is 1. The molecule has 7 atom stereocenters. The first kappa shape index (κ1) is 30.0. The van der Waals surface area contributed by atoms with Gasteiger partial charge in [0.2, 0.25) is 5.91 Å². The van der Waals surface area contributed by atoms with Crippen LogP contribution in [0.15, 0.2) is 48.5 Å². The summed E-state index contributed by atoms with van der Waals surface area (Å²) >= 11 is 0. The van der Waals surface area contributed by atoms with Crippen molar-refractivity contribution < 1.29 is 24.1 Å². The number of halogens is 1. The van der Waals surface area contributed by atoms with E-state index in [-0.39, 0.29) is 28.9 Å². The maximum Gasteiger partial charge on any atom is 0.222 e. The monoisotopic (exact) mass is 565 g/mol. The lowest BCUT2D eigenvalue weighted by Gasteiger charge is -2.54. The third kappa shape index (κ3) is 6.49. The van der Waals surface area contributed by atoms with Gasteiger partial charge < -0.3 is 19.8 Å². The van der Waals surface area contributed by atoms with Crippen LogP contribution in [0.3, 0.4) is 0 Å². The molecule has 1 amide bonds. The number of phenolic OH excluding ortho intramolecular Hbond substituents is 1. The summed E-state index contributed by atoms with van der Waals surface area (Å²) in [5, 5.41) is 21.1. The van der Waals surface area contributed by atoms with E-state index in [0.717, 1.165) is 62.5 Å². The second-order valence-corrected chi connectivity index (χ2v) is 13.1. The summed E-state index contributed by atoms with van der Waals surface area (Å²) in [6.07, 6.45) is 6.64. The summed E-state index contributed by atoms with van der Waals surface area (Å²) in [4.78, 5) is 15.1. The van der Waals surface area contributed by atoms with Crippen molar-refractivity contribution in [3.05, 3.63) is 65.2 Å². The Balaban J connectivity index is 1.22. The van der Waals surface area contributed by atoms with E-state index in [1.165, 1.54) is 5.56 Å². The number of amides is 1. The molecule has 2 aromatic rings. The Hall–Kier alpha value is -2.44. The van der Waals surface area contributed by atoms with Gasteiger partial charge >= 0.3 is 0 Å². The Bertz CT molecular complexity index is 1160. The number of hydrogen-bond donors (Lipinski definition) is 2. The molecule has 6 heteroatoms. The topological polar surface area (TPSA) is 70.0 Å². The highest BCUT2D eigenvalue weighted by molar-refractivity contribution is 5.76. The number of nitrogens with zero attached hydrogens (tertiary/aromatic N) is 1. The average Bonchev–Trinajstić information content (AvgIpc) is 3.25. The zero-order valence-electron chi connectivity index (χ0n) is 24.8. The summed E-state index contributed by atoms with van der Waals surface area (Å²) in [6.45, 7) is 3.94. The van der Waals surface area contributed by atoms with Crippen molar-refractivity contribution in [3.8, 4) is 5.75 Å². The first-order valence-corrected chi connectivity index (χ1v) is 15.8. The summed E-state index contributed by atoms with van der Waals surface area (Å²) < 4.78 is 21.3. The number of hydrogen-bond acceptors (Lipinski definition) is 4. The normalized spacial score (nSPS) is 30.3. The van der Waals surface area contributed by atoms with Crippen molar-refractivity contribution in [2.45, 2.75) is 89.3 Å². The molecule has 2 aromatic carbocycles. The van der Waals surface area contributed by atoms with Crippen LogP contribution in [0.2, 0.25) is 0 Å². The van der Waals surface area contributed by atoms with Gasteiger partial charge in [-0.3, -0.25) is 4.79 Å². The molecular weight excluding hydrogens is 517 g/mol. The third-order valence-corrected chi connectivity index (χ3v) is 10.6. The maximum atomic E-state index is 16.0. The van der Waals surface area contributed by atoms with Crippen molar-refractivity contribution in [2.75, 3.05) is 26.8 Å². The number of fused-ring (bicyclic) bond motifs is 5. The van der Waals surface area contributed by atoms with Crippen molar-refractivity contribution in [3.63, 3.8) is 0 Å². The van der Waals surface area contributed by atoms with Crippen molar-refractivity contribution in [1.82, 2.24) is 4.90 Å². The zero-order chi connectivity index (χ0) is 29.0. The molecular formula is C35H48FNO4. The fourth-order valence-corrected chi connectivity index (χ4v) is 8.55. The lowest BCUT2D eigenvalue weighted by molar-refractivity contribution is -0.132. The minimum absolute atomic E-state index is 0.169. The molecule has 2 saturated carbocycles. The Kier molecular flexibility index (Phi) is 9.70. The van der Waals surface area contributed by atoms with Gasteiger partial charge in [-0.1, -0.05) is 49.7 Å². The number of aryl methyl sites for hydroxylation is 1. The predicted octanol–water partition coefficient (Wildman–Crippen LogP) is 6.45. The molecule has 0 bridgehead atoms. The summed E-state index contributed by atoms with van der Waals surface area (Å²) in [5.74, 6) is 1.07. The molecule has 224 valence electrons. The maximum absolute atomic E-state index is 16.0. The zero-order valence-corrected chi connectivity index (χ0v) is 24.8. The molecule has 0 radical (unpaired) electrons. The molecule has 3 aliphatic carbocycles. The Morgan fingerprint density at radius 3 is 2.68 bits per heavy atom. The first-order chi connectivity index (χ1) is 19.8. The van der Waals surface area contributed by atoms with Crippen LogP contribution >= 0.6 is 0 Å². The molecule has 2 N–H and O–H groups in total. The van der Waals surface area contributed by atoms with E-state index in [9.17, 15) is 15.0 Å². The smallest absolute Gasteiger partial charge is 0.222 e. The first-order valence-electron chi connectivity index (χ1n) is 15.8. The predicted molar refractivity (Wildman–Crippen MR) is 160 cm³/mol. The highest BCUT2D eigenvalue weighted by Gasteiger charge is 2.59. The standard InChI is InChI=1S/C35H48FNO4/c1-35-23-30(36)34-28-15-14-27(38)22-26(28)21-25(33(34)29(35)16-17-31(35)39)12-6-7-18-37(19-20-41-2)32(40)13-8-11-24-9-4-3-5-10-24/h3-5,9-10,14-15,22,25,29-31,33-34,38-39H,6-8,11-13,16-21,23H2,1-2H3/t25-,29?,30+,31+,33?,34?,35+/m1/s1. The molecule has 0 aromatic heterocycles. The van der Waals surface area contributed by atoms with Gasteiger partial charge in [0.05, 0.1) is 12.7 Å². The number of rotatable bonds is 12. The van der Waals surface area contributed by atoms with E-state index >= 15 is 4.39 Å². The van der Waals surface area contributed by atoms with E-state index in [2.05, 4.69) is 19.1 Å². The van der Waals surface area contributed by atoms with Crippen LogP contribution < -0.4 is 0 Å². The van der Waals surface area contributed by atoms with Crippen LogP contribution in [0.4, 0.5) is 4.39 Å². The van der Waals surface area contributed by atoms with Gasteiger partial charge in [0.1, 0.15) is 11.9 Å². The van der Waals surface area contributed by atoms with Crippen LogP contribution in [-0.2, 0) is 22.4 Å². The van der Waals surface area contributed by atoms with Gasteiger partial charge in [-0.15, -0.1) is 0 Å². The molecule has 5 nitrogen and oxygen atoms in total. The number of methoxy groups -OCH3 is 1. The molecule has 0 saturated heterocycles. The lowest BCUT2D eigenvalue weighted by atomic mass is 9.51. The van der Waals surface area contributed by atoms with Crippen molar-refractivity contribution in [2.24, 2.45) is 23.2 Å². The minimum Gasteiger partial charge on any atom is -0.508 e. The van der Waals surface area contributed by atoms with E-state index in [1.807, 2.05) is 35.2 Å². The van der Waals surface area contributed by atoms with Gasteiger partial charge in [0.15, 0.2) is 0 Å². The molecule has 41 heavy (non-hydrogen) atoms. The van der Waals surface area contributed by atoms with E-state index in [4.69, 9.17) is 4.74 Å². The molecule has 0 aliphatic heterocycles. The number of alkyl halides is 1. The van der Waals surface area contributed by atoms with Crippen LogP contribution in [0.5, 0.6) is 5.75 Å². The largest absolute Gasteiger partial charge is 0.508 e. The second-order valence-electron chi connectivity index (χ2n) is 13.1. The van der Waals surface area contributed by atoms with Crippen molar-refractivity contribution in [1.29, 1.82) is 0 Å². The highest BCUT2D eigenvalue weighted by Crippen LogP contribution is 2.63. The van der Waals surface area contributed by atoms with Gasteiger partial charge in [-0.25, -0.2) is 4.39 Å². The Morgan fingerprint density at radius 2 is 1.90 bits per heavy atom. The Morgan fingerprint density at radius 1 is 1.10 bits per heavy atom. The SMILES string of the molecule is COCCN(CCCC[C@@H]1Cc2cc(O)ccc2C2C1C1CC[C@H](O)[C@@]1(C)C[C@@H]2F)C(=O)CCCc1ccccc1. The molecule has 2 fully saturated rings. The summed E-state index contributed by atoms with van der Waals surface area (Å²) in [5.41, 5.74) is 3.04. The van der Waals surface area contributed by atoms with Gasteiger partial charge in [0, 0.05) is 32.5 Å². The summed E-state index contributed by atoms with van der Waals surface area (Å²) in [7, 11) is 1.67. The fraction of sp³-hybridized carbons (Fsp3) is 0.629. The van der Waals surface area contributed by atoms with Gasteiger partial charge in [-0.05, 0) is 103 Å². The average molecular weight is 566 g/mol. The highest BCUT2D eigenvalue weighted by atomic mass is 19.1. The van der Waals surface area contributed by atoms with Gasteiger partial charge in [0.25, 0.3) is 0 Å². The molecule has 5 rings (SSSR count). The number of carbonyl (C=O) groups is 1. The van der Waals surface area contributed by atoms with Crippen LogP contribution in [0.1, 0.15) is 80.9 Å². The second kappa shape index (κ2) is 13.2. The fourth-order valence-electron chi connectivity index (χ4n) is 8.55. The minimum atomic E-state index is -0.988.